The van der Waals surface area contributed by atoms with Crippen LogP contribution in [0.15, 0.2) is 12.2 Å². The maximum atomic E-state index is 11.9. The Bertz CT molecular complexity index is 402. The molecule has 0 amide bonds. The first-order valence-corrected chi connectivity index (χ1v) is 12.1. The molecule has 0 aromatic carbocycles. The first-order valence-electron chi connectivity index (χ1n) is 12.1. The molecule has 0 heterocycles. The van der Waals surface area contributed by atoms with E-state index in [0.717, 1.165) is 25.7 Å². The van der Waals surface area contributed by atoms with E-state index in [2.05, 4.69) is 6.92 Å². The fraction of sp³-hybridized carbons (Fsp3) is 0.875. The number of hydrogen-bond acceptors (Lipinski definition) is 5. The molecule has 0 bridgehead atoms. The minimum absolute atomic E-state index is 0.282. The van der Waals surface area contributed by atoms with Crippen LogP contribution in [0.25, 0.3) is 0 Å². The zero-order valence-electron chi connectivity index (χ0n) is 18.9. The number of Topliss-reactive ketones (excluding diaryl/α,β-unsaturated/α-hetero) is 1. The van der Waals surface area contributed by atoms with E-state index in [-0.39, 0.29) is 12.2 Å². The first-order chi connectivity index (χ1) is 14.0. The molecule has 0 aromatic heterocycles. The summed E-state index contributed by atoms with van der Waals surface area (Å²) in [6.07, 6.45) is 19.3. The number of hydrogen-bond donors (Lipinski definition) is 4. The highest BCUT2D eigenvalue weighted by Crippen LogP contribution is 2.12. The Morgan fingerprint density at radius 2 is 1.34 bits per heavy atom. The van der Waals surface area contributed by atoms with Crippen LogP contribution in [0.2, 0.25) is 0 Å². The van der Waals surface area contributed by atoms with Crippen LogP contribution >= 0.6 is 0 Å². The van der Waals surface area contributed by atoms with E-state index in [9.17, 15) is 15.0 Å². The Labute approximate surface area is 179 Å². The predicted molar refractivity (Wildman–Crippen MR) is 123 cm³/mol. The molecule has 0 aliphatic rings. The van der Waals surface area contributed by atoms with Crippen LogP contribution in [0.3, 0.4) is 0 Å². The highest BCUT2D eigenvalue weighted by atomic mass is 16.3. The molecule has 0 spiro atoms. The van der Waals surface area contributed by atoms with Crippen molar-refractivity contribution in [2.45, 2.75) is 128 Å². The molecule has 5 nitrogen and oxygen atoms in total. The summed E-state index contributed by atoms with van der Waals surface area (Å²) in [6, 6.07) is -0.967. The Morgan fingerprint density at radius 1 is 0.828 bits per heavy atom. The summed E-state index contributed by atoms with van der Waals surface area (Å²) in [5, 5.41) is 20.1. The number of carbonyl (C=O) groups excluding carboxylic acids is 1. The monoisotopic (exact) mass is 412 g/mol. The van der Waals surface area contributed by atoms with Gasteiger partial charge in [0.1, 0.15) is 6.10 Å². The standard InChI is InChI=1S/C24H48N2O3/c1-2-3-4-5-6-7-8-9-10-11-12-13-15-18-21(27)23(26)24(29)22(28)19-16-14-17-20-25/h15,18,21,23-24,27,29H,2-14,16-17,19-20,25-26H2,1H3/b18-15+/t21-,23-,24?/m1/s1. The summed E-state index contributed by atoms with van der Waals surface area (Å²) in [5.41, 5.74) is 11.3. The SMILES string of the molecule is CCCCCCCCCCCCC/C=C/[C@@H](O)[C@@H](N)C(O)C(=O)CCCCCN. The van der Waals surface area contributed by atoms with Crippen LogP contribution < -0.4 is 11.5 Å². The van der Waals surface area contributed by atoms with Crippen molar-refractivity contribution in [3.8, 4) is 0 Å². The molecular formula is C24H48N2O3. The number of aliphatic hydroxyl groups excluding tert-OH is 2. The predicted octanol–water partition coefficient (Wildman–Crippen LogP) is 4.38. The summed E-state index contributed by atoms with van der Waals surface area (Å²) < 4.78 is 0. The molecule has 0 rings (SSSR count). The fourth-order valence-electron chi connectivity index (χ4n) is 3.46. The summed E-state index contributed by atoms with van der Waals surface area (Å²) in [4.78, 5) is 11.9. The molecule has 0 aliphatic carbocycles. The Morgan fingerprint density at radius 3 is 1.90 bits per heavy atom. The number of unbranched alkanes of at least 4 members (excludes halogenated alkanes) is 13. The normalized spacial score (nSPS) is 14.9. The van der Waals surface area contributed by atoms with Gasteiger partial charge in [-0.1, -0.05) is 89.7 Å². The van der Waals surface area contributed by atoms with Crippen LogP contribution in [0.4, 0.5) is 0 Å². The van der Waals surface area contributed by atoms with Crippen LogP contribution in [0.1, 0.15) is 110 Å². The molecule has 0 aromatic rings. The quantitative estimate of drug-likeness (QED) is 0.165. The molecular weight excluding hydrogens is 364 g/mol. The van der Waals surface area contributed by atoms with E-state index >= 15 is 0 Å². The Kier molecular flexibility index (Phi) is 20.0. The summed E-state index contributed by atoms with van der Waals surface area (Å²) in [7, 11) is 0. The van der Waals surface area contributed by atoms with E-state index in [0.29, 0.717) is 13.0 Å². The van der Waals surface area contributed by atoms with Crippen molar-refractivity contribution in [3.63, 3.8) is 0 Å². The average Bonchev–Trinajstić information content (AvgIpc) is 2.73. The topological polar surface area (TPSA) is 110 Å². The molecule has 5 heteroatoms. The lowest BCUT2D eigenvalue weighted by atomic mass is 9.98. The van der Waals surface area contributed by atoms with Crippen LogP contribution in [-0.2, 0) is 4.79 Å². The third-order valence-corrected chi connectivity index (χ3v) is 5.52. The summed E-state index contributed by atoms with van der Waals surface area (Å²) >= 11 is 0. The van der Waals surface area contributed by atoms with Gasteiger partial charge in [-0.3, -0.25) is 4.79 Å². The molecule has 0 saturated carbocycles. The minimum Gasteiger partial charge on any atom is -0.387 e. The van der Waals surface area contributed by atoms with Gasteiger partial charge < -0.3 is 21.7 Å². The van der Waals surface area contributed by atoms with Gasteiger partial charge >= 0.3 is 0 Å². The number of nitrogens with two attached hydrogens (primary N) is 2. The zero-order valence-corrected chi connectivity index (χ0v) is 18.9. The van der Waals surface area contributed by atoms with Gasteiger partial charge in [0.05, 0.1) is 12.1 Å². The van der Waals surface area contributed by atoms with Crippen molar-refractivity contribution in [2.24, 2.45) is 11.5 Å². The van der Waals surface area contributed by atoms with Gasteiger partial charge in [0.15, 0.2) is 5.78 Å². The molecule has 1 unspecified atom stereocenters. The third-order valence-electron chi connectivity index (χ3n) is 5.52. The second kappa shape index (κ2) is 20.5. The number of rotatable bonds is 21. The van der Waals surface area contributed by atoms with E-state index in [1.165, 1.54) is 64.2 Å². The zero-order chi connectivity index (χ0) is 21.7. The van der Waals surface area contributed by atoms with Crippen molar-refractivity contribution in [1.82, 2.24) is 0 Å². The highest BCUT2D eigenvalue weighted by molar-refractivity contribution is 5.83. The van der Waals surface area contributed by atoms with E-state index < -0.39 is 18.2 Å². The lowest BCUT2D eigenvalue weighted by molar-refractivity contribution is -0.129. The number of aliphatic hydroxyl groups is 2. The molecule has 6 N–H and O–H groups in total. The van der Waals surface area contributed by atoms with Crippen molar-refractivity contribution < 1.29 is 15.0 Å². The van der Waals surface area contributed by atoms with Gasteiger partial charge in [-0.2, -0.15) is 0 Å². The minimum atomic E-state index is -1.31. The second-order valence-corrected chi connectivity index (χ2v) is 8.33. The second-order valence-electron chi connectivity index (χ2n) is 8.33. The fourth-order valence-corrected chi connectivity index (χ4v) is 3.46. The number of allylic oxidation sites excluding steroid dienone is 1. The van der Waals surface area contributed by atoms with Gasteiger partial charge in [-0.05, 0) is 32.2 Å². The summed E-state index contributed by atoms with van der Waals surface area (Å²) in [5.74, 6) is -0.299. The van der Waals surface area contributed by atoms with Gasteiger partial charge in [-0.15, -0.1) is 0 Å². The van der Waals surface area contributed by atoms with E-state index in [4.69, 9.17) is 11.5 Å². The van der Waals surface area contributed by atoms with Crippen molar-refractivity contribution in [2.75, 3.05) is 6.54 Å². The largest absolute Gasteiger partial charge is 0.387 e. The van der Waals surface area contributed by atoms with Gasteiger partial charge in [0, 0.05) is 6.42 Å². The van der Waals surface area contributed by atoms with Crippen LogP contribution in [0, 0.1) is 0 Å². The van der Waals surface area contributed by atoms with Crippen LogP contribution in [0.5, 0.6) is 0 Å². The molecule has 0 saturated heterocycles. The molecule has 172 valence electrons. The lowest BCUT2D eigenvalue weighted by Crippen LogP contribution is -2.47. The highest BCUT2D eigenvalue weighted by Gasteiger charge is 2.26. The maximum absolute atomic E-state index is 11.9. The number of ketones is 1. The van der Waals surface area contributed by atoms with Crippen molar-refractivity contribution in [1.29, 1.82) is 0 Å². The average molecular weight is 413 g/mol. The molecule has 29 heavy (non-hydrogen) atoms. The lowest BCUT2D eigenvalue weighted by Gasteiger charge is -2.21. The van der Waals surface area contributed by atoms with E-state index in [1.807, 2.05) is 6.08 Å². The summed E-state index contributed by atoms with van der Waals surface area (Å²) in [6.45, 7) is 2.86. The first kappa shape index (κ1) is 28.2. The van der Waals surface area contributed by atoms with Gasteiger partial charge in [0.2, 0.25) is 0 Å². The molecule has 0 radical (unpaired) electrons. The smallest absolute Gasteiger partial charge is 0.162 e. The number of carbonyl (C=O) groups is 1. The Balaban J connectivity index is 3.70. The molecule has 0 aliphatic heterocycles. The van der Waals surface area contributed by atoms with Crippen molar-refractivity contribution >= 4 is 5.78 Å². The Hall–Kier alpha value is -0.750. The van der Waals surface area contributed by atoms with E-state index in [1.54, 1.807) is 6.08 Å². The van der Waals surface area contributed by atoms with Crippen LogP contribution in [-0.4, -0.2) is 40.8 Å². The van der Waals surface area contributed by atoms with Crippen molar-refractivity contribution in [3.05, 3.63) is 12.2 Å². The maximum Gasteiger partial charge on any atom is 0.162 e. The molecule has 0 fully saturated rings. The van der Waals surface area contributed by atoms with Gasteiger partial charge in [0.25, 0.3) is 0 Å². The molecule has 3 atom stereocenters. The third kappa shape index (κ3) is 16.7. The van der Waals surface area contributed by atoms with Gasteiger partial charge in [-0.25, -0.2) is 0 Å².